The topological polar surface area (TPSA) is 25.2 Å². The Balaban J connectivity index is 2.06. The summed E-state index contributed by atoms with van der Waals surface area (Å²) in [6, 6.07) is 12.1. The number of halogens is 2. The maximum absolute atomic E-state index is 13.2. The summed E-state index contributed by atoms with van der Waals surface area (Å²) in [6.07, 6.45) is 0. The Kier molecular flexibility index (Phi) is 3.47. The Morgan fingerprint density at radius 2 is 2.00 bits per heavy atom. The number of fused-ring (bicyclic) bond motifs is 1. The van der Waals surface area contributed by atoms with Gasteiger partial charge < -0.3 is 9.73 Å². The molecule has 2 nitrogen and oxygen atoms in total. The van der Waals surface area contributed by atoms with Crippen LogP contribution in [0.5, 0.6) is 0 Å². The van der Waals surface area contributed by atoms with Crippen molar-refractivity contribution in [2.75, 3.05) is 7.05 Å². The van der Waals surface area contributed by atoms with Crippen molar-refractivity contribution in [2.45, 2.75) is 6.54 Å². The molecular weight excluding hydrogens is 277 g/mol. The lowest BCUT2D eigenvalue weighted by atomic mass is 10.1. The van der Waals surface area contributed by atoms with Gasteiger partial charge in [-0.25, -0.2) is 4.39 Å². The highest BCUT2D eigenvalue weighted by molar-refractivity contribution is 6.33. The molecule has 0 aliphatic carbocycles. The van der Waals surface area contributed by atoms with Gasteiger partial charge >= 0.3 is 0 Å². The van der Waals surface area contributed by atoms with Crippen LogP contribution in [0.15, 0.2) is 46.9 Å². The molecule has 3 aromatic rings. The lowest BCUT2D eigenvalue weighted by Gasteiger charge is -2.04. The molecular formula is C16H13ClFNO. The van der Waals surface area contributed by atoms with Crippen molar-refractivity contribution < 1.29 is 8.81 Å². The Morgan fingerprint density at radius 3 is 2.75 bits per heavy atom. The second-order valence-electron chi connectivity index (χ2n) is 4.64. The van der Waals surface area contributed by atoms with E-state index >= 15 is 0 Å². The summed E-state index contributed by atoms with van der Waals surface area (Å²) in [5, 5.41) is 4.43. The average Bonchev–Trinajstić information content (AvgIpc) is 2.81. The highest BCUT2D eigenvalue weighted by Crippen LogP contribution is 2.33. The van der Waals surface area contributed by atoms with Crippen LogP contribution in [-0.4, -0.2) is 7.05 Å². The molecule has 1 N–H and O–H groups in total. The van der Waals surface area contributed by atoms with Crippen LogP contribution in [0.25, 0.3) is 22.3 Å². The van der Waals surface area contributed by atoms with Crippen LogP contribution in [0.2, 0.25) is 5.02 Å². The summed E-state index contributed by atoms with van der Waals surface area (Å²) >= 11 is 6.30. The van der Waals surface area contributed by atoms with Gasteiger partial charge in [-0.3, -0.25) is 0 Å². The highest BCUT2D eigenvalue weighted by atomic mass is 35.5. The first kappa shape index (κ1) is 13.2. The summed E-state index contributed by atoms with van der Waals surface area (Å²) in [5.74, 6) is 0.368. The first-order valence-corrected chi connectivity index (χ1v) is 6.67. The fourth-order valence-corrected chi connectivity index (χ4v) is 2.52. The maximum Gasteiger partial charge on any atom is 0.136 e. The third-order valence-corrected chi connectivity index (χ3v) is 3.47. The molecule has 0 bridgehead atoms. The molecule has 0 unspecified atom stereocenters. The quantitative estimate of drug-likeness (QED) is 0.761. The van der Waals surface area contributed by atoms with Crippen molar-refractivity contribution in [2.24, 2.45) is 0 Å². The third kappa shape index (κ3) is 2.42. The molecule has 1 aromatic heterocycles. The summed E-state index contributed by atoms with van der Waals surface area (Å²) in [6.45, 7) is 0.755. The van der Waals surface area contributed by atoms with E-state index < -0.39 is 0 Å². The van der Waals surface area contributed by atoms with Crippen molar-refractivity contribution in [1.29, 1.82) is 0 Å². The Labute approximate surface area is 121 Å². The smallest absolute Gasteiger partial charge is 0.136 e. The number of furan rings is 1. The molecule has 0 saturated heterocycles. The molecule has 2 aromatic carbocycles. The predicted molar refractivity (Wildman–Crippen MR) is 79.4 cm³/mol. The zero-order valence-corrected chi connectivity index (χ0v) is 11.7. The molecule has 0 spiro atoms. The molecule has 0 saturated carbocycles. The van der Waals surface area contributed by atoms with Gasteiger partial charge in [-0.15, -0.1) is 0 Å². The van der Waals surface area contributed by atoms with Crippen molar-refractivity contribution in [1.82, 2.24) is 5.32 Å². The highest BCUT2D eigenvalue weighted by Gasteiger charge is 2.10. The van der Waals surface area contributed by atoms with Crippen LogP contribution < -0.4 is 5.32 Å². The largest absolute Gasteiger partial charge is 0.456 e. The van der Waals surface area contributed by atoms with Gasteiger partial charge in [-0.05, 0) is 49.0 Å². The lowest BCUT2D eigenvalue weighted by Crippen LogP contribution is -2.04. The van der Waals surface area contributed by atoms with Gasteiger partial charge in [0.15, 0.2) is 0 Å². The summed E-state index contributed by atoms with van der Waals surface area (Å²) in [7, 11) is 1.88. The van der Waals surface area contributed by atoms with Gasteiger partial charge in [0, 0.05) is 17.5 Å². The standard InChI is InChI=1S/C16H13ClFNO/c1-19-9-10-2-4-13(14(17)6-10)16-8-11-7-12(18)3-5-15(11)20-16/h2-8,19H,9H2,1H3. The molecule has 3 rings (SSSR count). The molecule has 1 heterocycles. The van der Waals surface area contributed by atoms with E-state index in [9.17, 15) is 4.39 Å². The molecule has 0 fully saturated rings. The normalized spacial score (nSPS) is 11.2. The van der Waals surface area contributed by atoms with Crippen molar-refractivity contribution in [3.63, 3.8) is 0 Å². The summed E-state index contributed by atoms with van der Waals surface area (Å²) in [4.78, 5) is 0. The molecule has 4 heteroatoms. The monoisotopic (exact) mass is 289 g/mol. The first-order chi connectivity index (χ1) is 9.67. The van der Waals surface area contributed by atoms with Crippen LogP contribution in [0, 0.1) is 5.82 Å². The summed E-state index contributed by atoms with van der Waals surface area (Å²) < 4.78 is 18.9. The van der Waals surface area contributed by atoms with Gasteiger partial charge in [0.2, 0.25) is 0 Å². The molecule has 0 aliphatic rings. The number of benzene rings is 2. The minimum Gasteiger partial charge on any atom is -0.456 e. The van der Waals surface area contributed by atoms with E-state index in [1.807, 2.05) is 25.2 Å². The van der Waals surface area contributed by atoms with E-state index in [0.717, 1.165) is 23.1 Å². The van der Waals surface area contributed by atoms with Crippen LogP contribution in [0.3, 0.4) is 0 Å². The zero-order valence-electron chi connectivity index (χ0n) is 10.9. The van der Waals surface area contributed by atoms with Gasteiger partial charge in [0.05, 0.1) is 5.02 Å². The van der Waals surface area contributed by atoms with Crippen LogP contribution in [-0.2, 0) is 6.54 Å². The SMILES string of the molecule is CNCc1ccc(-c2cc3cc(F)ccc3o2)c(Cl)c1. The van der Waals surface area contributed by atoms with E-state index in [4.69, 9.17) is 16.0 Å². The van der Waals surface area contributed by atoms with E-state index in [0.29, 0.717) is 16.4 Å². The van der Waals surface area contributed by atoms with Crippen molar-refractivity contribution in [3.05, 3.63) is 58.9 Å². The third-order valence-electron chi connectivity index (χ3n) is 3.16. The summed E-state index contributed by atoms with van der Waals surface area (Å²) in [5.41, 5.74) is 2.56. The second kappa shape index (κ2) is 5.27. The minimum absolute atomic E-state index is 0.277. The fourth-order valence-electron chi connectivity index (χ4n) is 2.22. The maximum atomic E-state index is 13.2. The Hall–Kier alpha value is -1.84. The number of hydrogen-bond donors (Lipinski definition) is 1. The predicted octanol–water partition coefficient (Wildman–Crippen LogP) is 4.61. The molecule has 0 amide bonds. The molecule has 0 atom stereocenters. The minimum atomic E-state index is -0.277. The van der Waals surface area contributed by atoms with E-state index in [1.165, 1.54) is 12.1 Å². The fraction of sp³-hybridized carbons (Fsp3) is 0.125. The molecule has 0 radical (unpaired) electrons. The lowest BCUT2D eigenvalue weighted by molar-refractivity contribution is 0.619. The molecule has 0 aliphatic heterocycles. The van der Waals surface area contributed by atoms with Crippen molar-refractivity contribution >= 4 is 22.6 Å². The van der Waals surface area contributed by atoms with E-state index in [1.54, 1.807) is 12.1 Å². The average molecular weight is 290 g/mol. The number of nitrogens with one attached hydrogen (secondary N) is 1. The Morgan fingerprint density at radius 1 is 1.15 bits per heavy atom. The van der Waals surface area contributed by atoms with Gasteiger partial charge in [-0.1, -0.05) is 17.7 Å². The first-order valence-electron chi connectivity index (χ1n) is 6.30. The van der Waals surface area contributed by atoms with Crippen molar-refractivity contribution in [3.8, 4) is 11.3 Å². The molecule has 102 valence electrons. The second-order valence-corrected chi connectivity index (χ2v) is 5.04. The van der Waals surface area contributed by atoms with Gasteiger partial charge in [0.25, 0.3) is 0 Å². The van der Waals surface area contributed by atoms with E-state index in [-0.39, 0.29) is 5.82 Å². The van der Waals surface area contributed by atoms with Crippen LogP contribution >= 0.6 is 11.6 Å². The van der Waals surface area contributed by atoms with Gasteiger partial charge in [-0.2, -0.15) is 0 Å². The zero-order chi connectivity index (χ0) is 14.1. The van der Waals surface area contributed by atoms with Gasteiger partial charge in [0.1, 0.15) is 17.2 Å². The van der Waals surface area contributed by atoms with Crippen LogP contribution in [0.4, 0.5) is 4.39 Å². The molecule has 20 heavy (non-hydrogen) atoms. The Bertz CT molecular complexity index is 766. The number of rotatable bonds is 3. The van der Waals surface area contributed by atoms with E-state index in [2.05, 4.69) is 5.32 Å². The number of hydrogen-bond acceptors (Lipinski definition) is 2. The van der Waals surface area contributed by atoms with Crippen LogP contribution in [0.1, 0.15) is 5.56 Å².